The minimum absolute atomic E-state index is 0.207. The van der Waals surface area contributed by atoms with Gasteiger partial charge in [0.15, 0.2) is 6.10 Å². The predicted molar refractivity (Wildman–Crippen MR) is 107 cm³/mol. The number of benzene rings is 1. The fourth-order valence-corrected chi connectivity index (χ4v) is 4.00. The number of carbonyl (C=O) groups is 3. The van der Waals surface area contributed by atoms with Crippen LogP contribution < -0.4 is 0 Å². The summed E-state index contributed by atoms with van der Waals surface area (Å²) in [5.74, 6) is -2.18. The van der Waals surface area contributed by atoms with Crippen LogP contribution in [-0.2, 0) is 42.4 Å². The summed E-state index contributed by atoms with van der Waals surface area (Å²) in [6.07, 6.45) is -4.46. The van der Waals surface area contributed by atoms with Crippen LogP contribution in [0.4, 0.5) is 0 Å². The highest BCUT2D eigenvalue weighted by molar-refractivity contribution is 7.57. The summed E-state index contributed by atoms with van der Waals surface area (Å²) in [7, 11) is -3.13. The third-order valence-electron chi connectivity index (χ3n) is 4.30. The first-order valence-corrected chi connectivity index (χ1v) is 11.8. The first-order chi connectivity index (χ1) is 14.5. The van der Waals surface area contributed by atoms with Crippen molar-refractivity contribution in [2.75, 3.05) is 19.6 Å². The zero-order chi connectivity index (χ0) is 23.2. The highest BCUT2D eigenvalue weighted by Crippen LogP contribution is 2.45. The Hall–Kier alpha value is -2.26. The Bertz CT molecular complexity index is 842. The van der Waals surface area contributed by atoms with Gasteiger partial charge in [-0.05, 0) is 26.0 Å². The van der Waals surface area contributed by atoms with Crippen LogP contribution in [0.25, 0.3) is 0 Å². The molecule has 0 saturated carbocycles. The first kappa shape index (κ1) is 25.0. The molecule has 0 spiro atoms. The third-order valence-corrected chi connectivity index (χ3v) is 5.72. The average molecular weight is 458 g/mol. The SMILES string of the molecule is CCOP(C)(=O)CO[C@H]1OC(OC(C)=O)C(C)(OC(=O)c2ccccc2)[C@H]1OC(C)=O. The predicted octanol–water partition coefficient (Wildman–Crippen LogP) is 2.70. The molecule has 10 nitrogen and oxygen atoms in total. The van der Waals surface area contributed by atoms with Crippen LogP contribution in [0, 0.1) is 0 Å². The van der Waals surface area contributed by atoms with Gasteiger partial charge in [0.05, 0.1) is 12.2 Å². The molecule has 0 bridgehead atoms. The molecule has 0 amide bonds. The lowest BCUT2D eigenvalue weighted by Gasteiger charge is -2.33. The van der Waals surface area contributed by atoms with Gasteiger partial charge >= 0.3 is 17.9 Å². The van der Waals surface area contributed by atoms with Crippen LogP contribution in [0.1, 0.15) is 38.1 Å². The van der Waals surface area contributed by atoms with Gasteiger partial charge in [0, 0.05) is 20.5 Å². The molecule has 11 heteroatoms. The van der Waals surface area contributed by atoms with Crippen molar-refractivity contribution in [2.45, 2.75) is 52.0 Å². The molecule has 0 radical (unpaired) electrons. The van der Waals surface area contributed by atoms with Gasteiger partial charge in [-0.25, -0.2) is 4.79 Å². The summed E-state index contributed by atoms with van der Waals surface area (Å²) in [6.45, 7) is 6.96. The minimum atomic E-state index is -3.13. The van der Waals surface area contributed by atoms with E-state index >= 15 is 0 Å². The summed E-state index contributed by atoms with van der Waals surface area (Å²) in [5, 5.41) is 0. The fraction of sp³-hybridized carbons (Fsp3) is 0.550. The van der Waals surface area contributed by atoms with E-state index in [1.807, 2.05) is 0 Å². The molecule has 3 unspecified atom stereocenters. The van der Waals surface area contributed by atoms with E-state index in [-0.39, 0.29) is 18.5 Å². The molecular formula is C20H27O10P. The number of ether oxygens (including phenoxy) is 5. The second-order valence-electron chi connectivity index (χ2n) is 7.14. The largest absolute Gasteiger partial charge is 0.453 e. The van der Waals surface area contributed by atoms with Crippen LogP contribution in [0.3, 0.4) is 0 Å². The van der Waals surface area contributed by atoms with Gasteiger partial charge in [-0.15, -0.1) is 0 Å². The summed E-state index contributed by atoms with van der Waals surface area (Å²) in [6, 6.07) is 8.09. The number of hydrogen-bond donors (Lipinski definition) is 0. The number of hydrogen-bond acceptors (Lipinski definition) is 10. The van der Waals surface area contributed by atoms with Gasteiger partial charge < -0.3 is 28.2 Å². The van der Waals surface area contributed by atoms with E-state index in [0.29, 0.717) is 0 Å². The van der Waals surface area contributed by atoms with Crippen LogP contribution >= 0.6 is 7.37 Å². The highest BCUT2D eigenvalue weighted by atomic mass is 31.2. The van der Waals surface area contributed by atoms with E-state index in [2.05, 4.69) is 0 Å². The Labute approximate surface area is 180 Å². The Morgan fingerprint density at radius 3 is 2.26 bits per heavy atom. The van der Waals surface area contributed by atoms with E-state index in [1.165, 1.54) is 25.7 Å². The molecular weight excluding hydrogens is 431 g/mol. The van der Waals surface area contributed by atoms with Crippen molar-refractivity contribution >= 4 is 25.3 Å². The highest BCUT2D eigenvalue weighted by Gasteiger charge is 2.62. The second kappa shape index (κ2) is 10.4. The molecule has 5 atom stereocenters. The normalized spacial score (nSPS) is 27.2. The van der Waals surface area contributed by atoms with Gasteiger partial charge in [-0.3, -0.25) is 14.2 Å². The van der Waals surface area contributed by atoms with Crippen molar-refractivity contribution in [3.63, 3.8) is 0 Å². The second-order valence-corrected chi connectivity index (χ2v) is 9.69. The maximum absolute atomic E-state index is 12.7. The molecule has 2 rings (SSSR count). The lowest BCUT2D eigenvalue weighted by Crippen LogP contribution is -2.52. The fourth-order valence-electron chi connectivity index (χ4n) is 2.96. The third kappa shape index (κ3) is 6.61. The summed E-state index contributed by atoms with van der Waals surface area (Å²) in [4.78, 5) is 36.1. The van der Waals surface area contributed by atoms with Crippen LogP contribution in [0.15, 0.2) is 30.3 Å². The maximum Gasteiger partial charge on any atom is 0.339 e. The molecule has 1 heterocycles. The Balaban J connectivity index is 2.34. The number of esters is 3. The molecule has 1 aromatic rings. The van der Waals surface area contributed by atoms with E-state index in [4.69, 9.17) is 28.2 Å². The molecule has 0 N–H and O–H groups in total. The molecule has 0 aromatic heterocycles. The first-order valence-electron chi connectivity index (χ1n) is 9.59. The average Bonchev–Trinajstić information content (AvgIpc) is 2.91. The Morgan fingerprint density at radius 2 is 1.71 bits per heavy atom. The maximum atomic E-state index is 12.7. The molecule has 1 fully saturated rings. The summed E-state index contributed by atoms with van der Waals surface area (Å²) < 4.78 is 44.9. The minimum Gasteiger partial charge on any atom is -0.453 e. The van der Waals surface area contributed by atoms with Crippen molar-refractivity contribution in [1.82, 2.24) is 0 Å². The monoisotopic (exact) mass is 458 g/mol. The lowest BCUT2D eigenvalue weighted by molar-refractivity contribution is -0.225. The Kier molecular flexibility index (Phi) is 8.36. The number of rotatable bonds is 9. The van der Waals surface area contributed by atoms with Gasteiger partial charge in [-0.2, -0.15) is 0 Å². The molecule has 1 aliphatic rings. The van der Waals surface area contributed by atoms with E-state index in [9.17, 15) is 18.9 Å². The topological polar surface area (TPSA) is 124 Å². The summed E-state index contributed by atoms with van der Waals surface area (Å²) in [5.41, 5.74) is -1.52. The quantitative estimate of drug-likeness (QED) is 0.310. The standard InChI is InChI=1S/C20H27O10P/c1-6-26-31(5,24)12-25-18-16(27-13(2)21)20(4,19(29-18)28-14(3)22)30-17(23)15-10-8-7-9-11-15/h7-11,16,18-19H,6,12H2,1-5H3/t16-,18-,19?,20?,31?/m0/s1. The zero-order valence-corrected chi connectivity index (χ0v) is 19.0. The van der Waals surface area contributed by atoms with Crippen LogP contribution in [-0.4, -0.2) is 61.8 Å². The molecule has 1 aliphatic heterocycles. The molecule has 0 aliphatic carbocycles. The van der Waals surface area contributed by atoms with Gasteiger partial charge in [0.1, 0.15) is 6.35 Å². The molecule has 31 heavy (non-hydrogen) atoms. The van der Waals surface area contributed by atoms with Crippen LogP contribution in [0.2, 0.25) is 0 Å². The van der Waals surface area contributed by atoms with E-state index in [1.54, 1.807) is 25.1 Å². The molecule has 1 saturated heterocycles. The smallest absolute Gasteiger partial charge is 0.339 e. The molecule has 1 aromatic carbocycles. The Morgan fingerprint density at radius 1 is 1.10 bits per heavy atom. The zero-order valence-electron chi connectivity index (χ0n) is 18.1. The lowest BCUT2D eigenvalue weighted by atomic mass is 9.99. The van der Waals surface area contributed by atoms with Gasteiger partial charge in [-0.1, -0.05) is 18.2 Å². The van der Waals surface area contributed by atoms with Gasteiger partial charge in [0.25, 0.3) is 0 Å². The van der Waals surface area contributed by atoms with E-state index < -0.39 is 49.6 Å². The van der Waals surface area contributed by atoms with Gasteiger partial charge in [0.2, 0.25) is 25.5 Å². The van der Waals surface area contributed by atoms with Crippen molar-refractivity contribution in [1.29, 1.82) is 0 Å². The van der Waals surface area contributed by atoms with Crippen LogP contribution in [0.5, 0.6) is 0 Å². The summed E-state index contributed by atoms with van der Waals surface area (Å²) >= 11 is 0. The van der Waals surface area contributed by atoms with E-state index in [0.717, 1.165) is 13.8 Å². The number of carbonyl (C=O) groups excluding carboxylic acids is 3. The molecule has 172 valence electrons. The van der Waals surface area contributed by atoms with Crippen molar-refractivity contribution in [2.24, 2.45) is 0 Å². The van der Waals surface area contributed by atoms with Crippen molar-refractivity contribution in [3.8, 4) is 0 Å². The van der Waals surface area contributed by atoms with Crippen molar-refractivity contribution < 1.29 is 47.2 Å². The van der Waals surface area contributed by atoms with Crippen molar-refractivity contribution in [3.05, 3.63) is 35.9 Å².